The van der Waals surface area contributed by atoms with E-state index in [0.717, 1.165) is 24.3 Å². The highest BCUT2D eigenvalue weighted by atomic mass is 35.5. The number of aromatic nitrogens is 2. The van der Waals surface area contributed by atoms with E-state index in [1.54, 1.807) is 28.8 Å². The van der Waals surface area contributed by atoms with Crippen molar-refractivity contribution < 1.29 is 9.53 Å². The largest absolute Gasteiger partial charge is 0.484 e. The summed E-state index contributed by atoms with van der Waals surface area (Å²) in [5.74, 6) is 0.605. The molecule has 0 aliphatic carbocycles. The van der Waals surface area contributed by atoms with Crippen molar-refractivity contribution in [3.05, 3.63) is 62.5 Å². The highest BCUT2D eigenvalue weighted by molar-refractivity contribution is 7.15. The molecule has 0 unspecified atom stereocenters. The summed E-state index contributed by atoms with van der Waals surface area (Å²) in [5, 5.41) is 2.53. The number of carbonyl (C=O) groups excluding carboxylic acids is 1. The molecule has 2 aromatic heterocycles. The molecule has 0 radical (unpaired) electrons. The maximum absolute atomic E-state index is 12.5. The van der Waals surface area contributed by atoms with Crippen molar-refractivity contribution in [2.45, 2.75) is 13.5 Å². The van der Waals surface area contributed by atoms with Gasteiger partial charge in [-0.25, -0.2) is 4.98 Å². The van der Waals surface area contributed by atoms with Crippen LogP contribution in [0.15, 0.2) is 40.6 Å². The molecule has 0 bridgehead atoms. The highest BCUT2D eigenvalue weighted by Crippen LogP contribution is 2.21. The van der Waals surface area contributed by atoms with E-state index in [9.17, 15) is 9.59 Å². The van der Waals surface area contributed by atoms with Gasteiger partial charge in [0.1, 0.15) is 5.75 Å². The van der Waals surface area contributed by atoms with Gasteiger partial charge in [-0.2, -0.15) is 0 Å². The van der Waals surface area contributed by atoms with Crippen LogP contribution in [0.1, 0.15) is 11.3 Å². The summed E-state index contributed by atoms with van der Waals surface area (Å²) in [6.45, 7) is 5.23. The predicted octanol–water partition coefficient (Wildman–Crippen LogP) is 2.44. The van der Waals surface area contributed by atoms with E-state index in [0.29, 0.717) is 35.4 Å². The van der Waals surface area contributed by atoms with Crippen LogP contribution in [0.4, 0.5) is 0 Å². The lowest BCUT2D eigenvalue weighted by Gasteiger charge is -2.34. The Morgan fingerprint density at radius 3 is 2.79 bits per heavy atom. The SMILES string of the molecule is Cc1cc(OCC(=O)N2CCN(Cc3cc(=O)n4ccsc4n3)CC2)ccc1Cl. The lowest BCUT2D eigenvalue weighted by atomic mass is 10.2. The number of nitrogens with zero attached hydrogens (tertiary/aromatic N) is 4. The van der Waals surface area contributed by atoms with Crippen LogP contribution in [-0.4, -0.2) is 57.9 Å². The fourth-order valence-corrected chi connectivity index (χ4v) is 4.15. The normalized spacial score (nSPS) is 15.0. The van der Waals surface area contributed by atoms with Gasteiger partial charge in [0.05, 0.1) is 5.69 Å². The Labute approximate surface area is 177 Å². The molecule has 0 spiro atoms. The zero-order valence-corrected chi connectivity index (χ0v) is 17.6. The summed E-state index contributed by atoms with van der Waals surface area (Å²) in [5.41, 5.74) is 1.62. The van der Waals surface area contributed by atoms with E-state index in [-0.39, 0.29) is 18.1 Å². The number of thiazole rings is 1. The quantitative estimate of drug-likeness (QED) is 0.619. The molecule has 1 amide bonds. The molecule has 29 heavy (non-hydrogen) atoms. The van der Waals surface area contributed by atoms with Crippen LogP contribution in [0.5, 0.6) is 5.75 Å². The first-order valence-corrected chi connectivity index (χ1v) is 10.6. The lowest BCUT2D eigenvalue weighted by molar-refractivity contribution is -0.135. The van der Waals surface area contributed by atoms with Gasteiger partial charge in [-0.05, 0) is 30.7 Å². The van der Waals surface area contributed by atoms with E-state index < -0.39 is 0 Å². The van der Waals surface area contributed by atoms with Crippen LogP contribution < -0.4 is 10.3 Å². The molecule has 1 aliphatic rings. The summed E-state index contributed by atoms with van der Waals surface area (Å²) in [4.78, 5) is 33.8. The van der Waals surface area contributed by atoms with Crippen LogP contribution in [0.25, 0.3) is 4.96 Å². The number of rotatable bonds is 5. The number of benzene rings is 1. The molecule has 1 saturated heterocycles. The van der Waals surface area contributed by atoms with Gasteiger partial charge >= 0.3 is 0 Å². The van der Waals surface area contributed by atoms with Crippen molar-refractivity contribution >= 4 is 33.8 Å². The minimum absolute atomic E-state index is 0.00837. The van der Waals surface area contributed by atoms with Crippen molar-refractivity contribution in [1.82, 2.24) is 19.2 Å². The Morgan fingerprint density at radius 2 is 2.03 bits per heavy atom. The second kappa shape index (κ2) is 8.52. The highest BCUT2D eigenvalue weighted by Gasteiger charge is 2.22. The van der Waals surface area contributed by atoms with E-state index in [2.05, 4.69) is 9.88 Å². The van der Waals surface area contributed by atoms with Crippen molar-refractivity contribution in [2.75, 3.05) is 32.8 Å². The van der Waals surface area contributed by atoms with Crippen molar-refractivity contribution in [3.63, 3.8) is 0 Å². The molecular formula is C20H21ClN4O3S. The Hall–Kier alpha value is -2.42. The van der Waals surface area contributed by atoms with Crippen LogP contribution in [0.2, 0.25) is 5.02 Å². The molecule has 0 atom stereocenters. The first kappa shape index (κ1) is 19.9. The molecule has 1 fully saturated rings. The van der Waals surface area contributed by atoms with Gasteiger partial charge in [-0.1, -0.05) is 11.6 Å². The fourth-order valence-electron chi connectivity index (χ4n) is 3.30. The number of piperazine rings is 1. The monoisotopic (exact) mass is 432 g/mol. The lowest BCUT2D eigenvalue weighted by Crippen LogP contribution is -2.49. The van der Waals surface area contributed by atoms with E-state index in [1.807, 2.05) is 23.3 Å². The Kier molecular flexibility index (Phi) is 5.84. The van der Waals surface area contributed by atoms with E-state index >= 15 is 0 Å². The van der Waals surface area contributed by atoms with Crippen molar-refractivity contribution in [1.29, 1.82) is 0 Å². The first-order chi connectivity index (χ1) is 14.0. The average Bonchev–Trinajstić information content (AvgIpc) is 3.18. The average molecular weight is 433 g/mol. The second-order valence-electron chi connectivity index (χ2n) is 7.00. The first-order valence-electron chi connectivity index (χ1n) is 9.34. The predicted molar refractivity (Wildman–Crippen MR) is 113 cm³/mol. The van der Waals surface area contributed by atoms with E-state index in [1.165, 1.54) is 11.3 Å². The number of hydrogen-bond donors (Lipinski definition) is 0. The Balaban J connectivity index is 1.28. The minimum atomic E-state index is -0.0605. The fraction of sp³-hybridized carbons (Fsp3) is 0.350. The Morgan fingerprint density at radius 1 is 1.24 bits per heavy atom. The molecule has 9 heteroatoms. The molecular weight excluding hydrogens is 412 g/mol. The summed E-state index contributed by atoms with van der Waals surface area (Å²) >= 11 is 7.46. The van der Waals surface area contributed by atoms with Gasteiger partial charge in [-0.3, -0.25) is 18.9 Å². The molecule has 152 valence electrons. The number of halogens is 1. The van der Waals surface area contributed by atoms with Crippen LogP contribution in [-0.2, 0) is 11.3 Å². The molecule has 3 aromatic rings. The smallest absolute Gasteiger partial charge is 0.260 e. The topological polar surface area (TPSA) is 67.2 Å². The van der Waals surface area contributed by atoms with Gasteiger partial charge in [0.25, 0.3) is 11.5 Å². The summed E-state index contributed by atoms with van der Waals surface area (Å²) < 4.78 is 7.16. The summed E-state index contributed by atoms with van der Waals surface area (Å²) in [6, 6.07) is 6.94. The number of amides is 1. The molecule has 0 saturated carbocycles. The van der Waals surface area contributed by atoms with Crippen molar-refractivity contribution in [3.8, 4) is 5.75 Å². The number of hydrogen-bond acceptors (Lipinski definition) is 6. The van der Waals surface area contributed by atoms with Gasteiger partial charge in [0.2, 0.25) is 0 Å². The molecule has 1 aliphatic heterocycles. The maximum atomic E-state index is 12.5. The third kappa shape index (κ3) is 4.60. The molecule has 1 aromatic carbocycles. The van der Waals surface area contributed by atoms with Gasteiger partial charge in [0.15, 0.2) is 11.6 Å². The molecule has 3 heterocycles. The van der Waals surface area contributed by atoms with Crippen LogP contribution in [0.3, 0.4) is 0 Å². The summed E-state index contributed by atoms with van der Waals surface area (Å²) in [6.07, 6.45) is 1.73. The third-order valence-corrected chi connectivity index (χ3v) is 6.14. The van der Waals surface area contributed by atoms with Gasteiger partial charge in [-0.15, -0.1) is 11.3 Å². The standard InChI is InChI=1S/C20H21ClN4O3S/c1-14-10-16(2-3-17(14)21)28-13-19(27)24-6-4-23(5-7-24)12-15-11-18(26)25-8-9-29-20(25)22-15/h2-3,8-11H,4-7,12-13H2,1H3. The third-order valence-electron chi connectivity index (χ3n) is 4.96. The number of aryl methyl sites for hydroxylation is 1. The second-order valence-corrected chi connectivity index (χ2v) is 8.28. The number of carbonyl (C=O) groups is 1. The Bertz CT molecular complexity index is 1090. The zero-order chi connectivity index (χ0) is 20.4. The zero-order valence-electron chi connectivity index (χ0n) is 16.0. The number of ether oxygens (including phenoxy) is 1. The maximum Gasteiger partial charge on any atom is 0.260 e. The van der Waals surface area contributed by atoms with Gasteiger partial charge < -0.3 is 9.64 Å². The summed E-state index contributed by atoms with van der Waals surface area (Å²) in [7, 11) is 0. The van der Waals surface area contributed by atoms with Crippen molar-refractivity contribution in [2.24, 2.45) is 0 Å². The van der Waals surface area contributed by atoms with Crippen LogP contribution in [0, 0.1) is 6.92 Å². The number of fused-ring (bicyclic) bond motifs is 1. The molecule has 0 N–H and O–H groups in total. The molecule has 4 rings (SSSR count). The molecule has 7 nitrogen and oxygen atoms in total. The van der Waals surface area contributed by atoms with E-state index in [4.69, 9.17) is 16.3 Å². The van der Waals surface area contributed by atoms with Gasteiger partial charge in [0, 0.05) is 55.4 Å². The minimum Gasteiger partial charge on any atom is -0.484 e. The van der Waals surface area contributed by atoms with Crippen LogP contribution >= 0.6 is 22.9 Å².